The number of hydrogen-bond donors (Lipinski definition) is 1. The van der Waals surface area contributed by atoms with Crippen molar-refractivity contribution in [2.24, 2.45) is 0 Å². The van der Waals surface area contributed by atoms with Crippen LogP contribution in [-0.2, 0) is 9.53 Å². The quantitative estimate of drug-likeness (QED) is 0.436. The monoisotopic (exact) mass is 463 g/mol. The predicted molar refractivity (Wildman–Crippen MR) is 131 cm³/mol. The van der Waals surface area contributed by atoms with Crippen molar-refractivity contribution >= 4 is 45.6 Å². The molecule has 0 unspecified atom stereocenters. The fourth-order valence-electron chi connectivity index (χ4n) is 4.09. The van der Waals surface area contributed by atoms with E-state index in [9.17, 15) is 4.79 Å². The lowest BCUT2D eigenvalue weighted by Crippen LogP contribution is -2.36. The van der Waals surface area contributed by atoms with E-state index in [-0.39, 0.29) is 11.7 Å². The van der Waals surface area contributed by atoms with E-state index in [0.717, 1.165) is 52.3 Å². The minimum atomic E-state index is -0.0870. The van der Waals surface area contributed by atoms with E-state index < -0.39 is 0 Å². The summed E-state index contributed by atoms with van der Waals surface area (Å²) in [7, 11) is 1.66. The molecule has 0 saturated carbocycles. The van der Waals surface area contributed by atoms with E-state index in [1.54, 1.807) is 7.11 Å². The van der Waals surface area contributed by atoms with Crippen molar-refractivity contribution in [3.63, 3.8) is 0 Å². The van der Waals surface area contributed by atoms with Crippen molar-refractivity contribution < 1.29 is 14.3 Å². The average molecular weight is 464 g/mol. The largest absolute Gasteiger partial charge is 0.497 e. The summed E-state index contributed by atoms with van der Waals surface area (Å²) >= 11 is 1.37. The van der Waals surface area contributed by atoms with Crippen LogP contribution in [0.25, 0.3) is 16.6 Å². The molecule has 9 heteroatoms. The van der Waals surface area contributed by atoms with Crippen LogP contribution >= 0.6 is 11.8 Å². The number of carbonyl (C=O) groups excluding carboxylic acids is 1. The highest BCUT2D eigenvalue weighted by molar-refractivity contribution is 7.99. The maximum atomic E-state index is 12.8. The number of carbonyl (C=O) groups is 1. The molecular formula is C24H25N5O3S. The van der Waals surface area contributed by atoms with Crippen molar-refractivity contribution in [2.45, 2.75) is 12.1 Å². The average Bonchev–Trinajstić information content (AvgIpc) is 3.28. The third-order valence-corrected chi connectivity index (χ3v) is 6.62. The van der Waals surface area contributed by atoms with Crippen LogP contribution in [-0.4, -0.2) is 59.7 Å². The Bertz CT molecular complexity index is 1320. The second-order valence-corrected chi connectivity index (χ2v) is 8.79. The number of amides is 1. The molecule has 0 aliphatic carbocycles. The molecule has 1 aliphatic rings. The van der Waals surface area contributed by atoms with Crippen LogP contribution in [0.5, 0.6) is 5.75 Å². The van der Waals surface area contributed by atoms with Crippen LogP contribution in [0.1, 0.15) is 5.56 Å². The third-order valence-electron chi connectivity index (χ3n) is 5.70. The predicted octanol–water partition coefficient (Wildman–Crippen LogP) is 3.77. The Morgan fingerprint density at radius 3 is 2.79 bits per heavy atom. The Labute approximate surface area is 195 Å². The maximum Gasteiger partial charge on any atom is 0.234 e. The maximum absolute atomic E-state index is 12.8. The number of nitrogens with zero attached hydrogens (tertiary/aromatic N) is 4. The number of rotatable bonds is 6. The zero-order valence-corrected chi connectivity index (χ0v) is 19.4. The van der Waals surface area contributed by atoms with E-state index >= 15 is 0 Å². The van der Waals surface area contributed by atoms with Gasteiger partial charge >= 0.3 is 0 Å². The molecule has 170 valence electrons. The molecule has 5 rings (SSSR count). The molecule has 0 spiro atoms. The fraction of sp³-hybridized carbons (Fsp3) is 0.292. The van der Waals surface area contributed by atoms with Gasteiger partial charge in [-0.15, -0.1) is 10.2 Å². The zero-order valence-electron chi connectivity index (χ0n) is 18.6. The van der Waals surface area contributed by atoms with E-state index in [4.69, 9.17) is 9.47 Å². The first-order valence-corrected chi connectivity index (χ1v) is 11.8. The van der Waals surface area contributed by atoms with Crippen LogP contribution in [0, 0.1) is 6.92 Å². The normalized spacial score (nSPS) is 14.1. The highest BCUT2D eigenvalue weighted by Gasteiger charge is 2.17. The van der Waals surface area contributed by atoms with Gasteiger partial charge in [0.2, 0.25) is 5.91 Å². The summed E-state index contributed by atoms with van der Waals surface area (Å²) in [5.74, 6) is 0.932. The second kappa shape index (κ2) is 9.29. The lowest BCUT2D eigenvalue weighted by atomic mass is 10.1. The Balaban J connectivity index is 1.36. The minimum Gasteiger partial charge on any atom is -0.497 e. The minimum absolute atomic E-state index is 0.0870. The van der Waals surface area contributed by atoms with Crippen LogP contribution in [0.2, 0.25) is 0 Å². The third kappa shape index (κ3) is 4.34. The number of benzene rings is 2. The first-order chi connectivity index (χ1) is 16.1. The van der Waals surface area contributed by atoms with Gasteiger partial charge in [0.05, 0.1) is 43.0 Å². The highest BCUT2D eigenvalue weighted by Crippen LogP contribution is 2.29. The summed E-state index contributed by atoms with van der Waals surface area (Å²) in [5.41, 5.74) is 4.60. The van der Waals surface area contributed by atoms with Crippen molar-refractivity contribution in [3.05, 3.63) is 54.1 Å². The summed E-state index contributed by atoms with van der Waals surface area (Å²) < 4.78 is 12.8. The molecule has 4 aromatic rings. The van der Waals surface area contributed by atoms with Crippen molar-refractivity contribution in [1.82, 2.24) is 14.6 Å². The fourth-order valence-corrected chi connectivity index (χ4v) is 4.83. The van der Waals surface area contributed by atoms with Gasteiger partial charge in [0.25, 0.3) is 0 Å². The van der Waals surface area contributed by atoms with Gasteiger partial charge in [-0.1, -0.05) is 23.9 Å². The van der Waals surface area contributed by atoms with Crippen molar-refractivity contribution in [2.75, 3.05) is 49.4 Å². The number of para-hydroxylation sites is 2. The first kappa shape index (κ1) is 21.5. The number of nitrogens with one attached hydrogen (secondary N) is 1. The molecule has 0 bridgehead atoms. The van der Waals surface area contributed by atoms with Gasteiger partial charge in [-0.05, 0) is 48.9 Å². The molecule has 1 saturated heterocycles. The smallest absolute Gasteiger partial charge is 0.234 e. The molecule has 1 aliphatic heterocycles. The molecule has 0 atom stereocenters. The number of thioether (sulfide) groups is 1. The summed E-state index contributed by atoms with van der Waals surface area (Å²) in [6.45, 7) is 5.01. The topological polar surface area (TPSA) is 81.0 Å². The summed E-state index contributed by atoms with van der Waals surface area (Å²) in [6, 6.07) is 15.9. The van der Waals surface area contributed by atoms with Crippen LogP contribution in [0.15, 0.2) is 53.7 Å². The molecule has 1 fully saturated rings. The first-order valence-electron chi connectivity index (χ1n) is 10.8. The van der Waals surface area contributed by atoms with E-state index in [1.807, 2.05) is 53.8 Å². The van der Waals surface area contributed by atoms with Gasteiger partial charge in [-0.25, -0.2) is 0 Å². The summed E-state index contributed by atoms with van der Waals surface area (Å²) in [6.07, 6.45) is 0. The number of aryl methyl sites for hydroxylation is 1. The van der Waals surface area contributed by atoms with Crippen molar-refractivity contribution in [3.8, 4) is 5.75 Å². The van der Waals surface area contributed by atoms with Gasteiger partial charge in [-0.2, -0.15) is 0 Å². The molecule has 1 N–H and O–H groups in total. The number of anilines is 2. The number of ether oxygens (including phenoxy) is 2. The van der Waals surface area contributed by atoms with E-state index in [1.165, 1.54) is 11.8 Å². The van der Waals surface area contributed by atoms with Crippen LogP contribution in [0.4, 0.5) is 11.4 Å². The number of aromatic nitrogens is 3. The van der Waals surface area contributed by atoms with Crippen molar-refractivity contribution in [1.29, 1.82) is 0 Å². The zero-order chi connectivity index (χ0) is 22.8. The second-order valence-electron chi connectivity index (χ2n) is 7.85. The Kier molecular flexibility index (Phi) is 6.06. The molecule has 3 heterocycles. The lowest BCUT2D eigenvalue weighted by Gasteiger charge is -2.30. The molecule has 2 aromatic carbocycles. The highest BCUT2D eigenvalue weighted by atomic mass is 32.2. The number of fused-ring (bicyclic) bond motifs is 3. The summed E-state index contributed by atoms with van der Waals surface area (Å²) in [4.78, 5) is 15.1. The van der Waals surface area contributed by atoms with Crippen LogP contribution < -0.4 is 15.0 Å². The number of morpholine rings is 1. The van der Waals surface area contributed by atoms with Gasteiger partial charge in [-0.3, -0.25) is 9.20 Å². The molecule has 1 amide bonds. The Morgan fingerprint density at radius 2 is 1.97 bits per heavy atom. The molecule has 33 heavy (non-hydrogen) atoms. The number of hydrogen-bond acceptors (Lipinski definition) is 7. The van der Waals surface area contributed by atoms with Gasteiger partial charge in [0, 0.05) is 18.5 Å². The SMILES string of the molecule is COc1ccc2c(c1)cc(C)c1nnc(SCC(=O)Nc3ccccc3N3CCOCC3)n12. The molecule has 2 aromatic heterocycles. The van der Waals surface area contributed by atoms with Crippen LogP contribution in [0.3, 0.4) is 0 Å². The Hall–Kier alpha value is -3.30. The number of methoxy groups -OCH3 is 1. The molecule has 0 radical (unpaired) electrons. The molecule has 8 nitrogen and oxygen atoms in total. The van der Waals surface area contributed by atoms with Gasteiger partial charge in [0.15, 0.2) is 10.8 Å². The standard InChI is InChI=1S/C24H25N5O3S/c1-16-13-17-14-18(31-2)7-8-20(17)29-23(16)26-27-24(29)33-15-22(30)25-19-5-3-4-6-21(19)28-9-11-32-12-10-28/h3-8,13-14H,9-12,15H2,1-2H3,(H,25,30). The Morgan fingerprint density at radius 1 is 1.15 bits per heavy atom. The van der Waals surface area contributed by atoms with Gasteiger partial charge < -0.3 is 19.7 Å². The van der Waals surface area contributed by atoms with Gasteiger partial charge in [0.1, 0.15) is 5.75 Å². The summed E-state index contributed by atoms with van der Waals surface area (Å²) in [5, 5.41) is 13.5. The lowest BCUT2D eigenvalue weighted by molar-refractivity contribution is -0.113. The van der Waals surface area contributed by atoms with E-state index in [2.05, 4.69) is 26.5 Å². The van der Waals surface area contributed by atoms with E-state index in [0.29, 0.717) is 18.4 Å². The number of pyridine rings is 1. The molecular weight excluding hydrogens is 438 g/mol.